The van der Waals surface area contributed by atoms with Gasteiger partial charge in [0, 0.05) is 10.0 Å². The van der Waals surface area contributed by atoms with Crippen LogP contribution in [0.5, 0.6) is 5.75 Å². The highest BCUT2D eigenvalue weighted by Crippen LogP contribution is 2.35. The summed E-state index contributed by atoms with van der Waals surface area (Å²) in [7, 11) is -2.33. The highest BCUT2D eigenvalue weighted by Gasteiger charge is 2.31. The first kappa shape index (κ1) is 21.5. The van der Waals surface area contributed by atoms with Crippen LogP contribution >= 0.6 is 23.2 Å². The van der Waals surface area contributed by atoms with Crippen LogP contribution in [-0.2, 0) is 10.0 Å². The first-order valence-electron chi connectivity index (χ1n) is 8.94. The van der Waals surface area contributed by atoms with Crippen LogP contribution in [0.15, 0.2) is 71.6 Å². The summed E-state index contributed by atoms with van der Waals surface area (Å²) in [5.74, 6) is 0.642. The number of anilines is 1. The fourth-order valence-corrected chi connectivity index (χ4v) is 5.07. The van der Waals surface area contributed by atoms with Crippen LogP contribution in [0.1, 0.15) is 24.1 Å². The fourth-order valence-electron chi connectivity index (χ4n) is 3.02. The minimum atomic E-state index is -3.90. The topological polar surface area (TPSA) is 46.6 Å². The zero-order chi connectivity index (χ0) is 21.2. The van der Waals surface area contributed by atoms with Crippen LogP contribution in [0, 0.1) is 6.92 Å². The number of halogens is 2. The van der Waals surface area contributed by atoms with E-state index in [1.165, 1.54) is 10.4 Å². The second kappa shape index (κ2) is 8.66. The Morgan fingerprint density at radius 3 is 2.10 bits per heavy atom. The summed E-state index contributed by atoms with van der Waals surface area (Å²) in [5.41, 5.74) is 2.14. The van der Waals surface area contributed by atoms with Crippen LogP contribution < -0.4 is 9.04 Å². The van der Waals surface area contributed by atoms with E-state index in [4.69, 9.17) is 27.9 Å². The average Bonchev–Trinajstić information content (AvgIpc) is 2.71. The molecule has 3 aromatic rings. The van der Waals surface area contributed by atoms with Crippen molar-refractivity contribution >= 4 is 38.9 Å². The number of nitrogens with zero attached hydrogens (tertiary/aromatic N) is 1. The normalized spacial score (nSPS) is 12.4. The van der Waals surface area contributed by atoms with E-state index in [0.717, 1.165) is 11.1 Å². The molecule has 0 saturated carbocycles. The van der Waals surface area contributed by atoms with Gasteiger partial charge in [-0.1, -0.05) is 41.4 Å². The summed E-state index contributed by atoms with van der Waals surface area (Å²) in [6.45, 7) is 3.66. The van der Waals surface area contributed by atoms with Gasteiger partial charge < -0.3 is 4.74 Å². The van der Waals surface area contributed by atoms with Crippen molar-refractivity contribution in [1.82, 2.24) is 0 Å². The zero-order valence-corrected chi connectivity index (χ0v) is 18.6. The molecule has 29 heavy (non-hydrogen) atoms. The van der Waals surface area contributed by atoms with Gasteiger partial charge in [-0.25, -0.2) is 8.42 Å². The standard InChI is InChI=1S/C22H21Cl2NO3S/c1-15-4-13-21(14-22(15)24)29(26,27)25(19-9-11-20(28-3)12-10-19)16(2)17-5-7-18(23)8-6-17/h4-14,16H,1-3H3/t16-/m1/s1. The van der Waals surface area contributed by atoms with E-state index in [-0.39, 0.29) is 4.90 Å². The van der Waals surface area contributed by atoms with Crippen LogP contribution in [0.2, 0.25) is 10.0 Å². The Kier molecular flexibility index (Phi) is 6.42. The molecule has 0 fully saturated rings. The van der Waals surface area contributed by atoms with Crippen molar-refractivity contribution < 1.29 is 13.2 Å². The molecular formula is C22H21Cl2NO3S. The molecule has 0 heterocycles. The molecule has 0 spiro atoms. The largest absolute Gasteiger partial charge is 0.497 e. The minimum Gasteiger partial charge on any atom is -0.497 e. The molecule has 3 aromatic carbocycles. The van der Waals surface area contributed by atoms with E-state index in [2.05, 4.69) is 0 Å². The third-order valence-electron chi connectivity index (χ3n) is 4.73. The maximum Gasteiger partial charge on any atom is 0.264 e. The van der Waals surface area contributed by atoms with Crippen molar-refractivity contribution in [3.63, 3.8) is 0 Å². The molecule has 7 heteroatoms. The SMILES string of the molecule is COc1ccc(N([C@H](C)c2ccc(Cl)cc2)S(=O)(=O)c2ccc(C)c(Cl)c2)cc1. The molecule has 0 bridgehead atoms. The first-order valence-corrected chi connectivity index (χ1v) is 11.1. The van der Waals surface area contributed by atoms with Crippen molar-refractivity contribution in [2.24, 2.45) is 0 Å². The van der Waals surface area contributed by atoms with E-state index in [1.807, 2.05) is 26.0 Å². The molecule has 0 aliphatic heterocycles. The van der Waals surface area contributed by atoms with Crippen molar-refractivity contribution in [3.05, 3.63) is 87.9 Å². The van der Waals surface area contributed by atoms with Gasteiger partial charge in [0.15, 0.2) is 0 Å². The number of aryl methyl sites for hydroxylation is 1. The Morgan fingerprint density at radius 1 is 0.931 bits per heavy atom. The third-order valence-corrected chi connectivity index (χ3v) is 7.28. The lowest BCUT2D eigenvalue weighted by molar-refractivity contribution is 0.415. The average molecular weight is 450 g/mol. The van der Waals surface area contributed by atoms with Gasteiger partial charge in [-0.2, -0.15) is 0 Å². The molecule has 4 nitrogen and oxygen atoms in total. The lowest BCUT2D eigenvalue weighted by Crippen LogP contribution is -2.33. The van der Waals surface area contributed by atoms with Crippen molar-refractivity contribution in [1.29, 1.82) is 0 Å². The summed E-state index contributed by atoms with van der Waals surface area (Å²) < 4.78 is 33.9. The number of methoxy groups -OCH3 is 1. The molecule has 152 valence electrons. The first-order chi connectivity index (χ1) is 13.7. The van der Waals surface area contributed by atoms with E-state index in [1.54, 1.807) is 55.6 Å². The number of hydrogen-bond acceptors (Lipinski definition) is 3. The van der Waals surface area contributed by atoms with E-state index in [9.17, 15) is 8.42 Å². The lowest BCUT2D eigenvalue weighted by Gasteiger charge is -2.31. The predicted molar refractivity (Wildman–Crippen MR) is 119 cm³/mol. The van der Waals surface area contributed by atoms with Crippen LogP contribution in [-0.4, -0.2) is 15.5 Å². The molecule has 0 unspecified atom stereocenters. The van der Waals surface area contributed by atoms with Gasteiger partial charge >= 0.3 is 0 Å². The second-order valence-electron chi connectivity index (χ2n) is 6.64. The molecule has 0 N–H and O–H groups in total. The Bertz CT molecular complexity index is 1100. The van der Waals surface area contributed by atoms with Gasteiger partial charge in [0.2, 0.25) is 0 Å². The van der Waals surface area contributed by atoms with E-state index < -0.39 is 16.1 Å². The van der Waals surface area contributed by atoms with E-state index in [0.29, 0.717) is 21.5 Å². The van der Waals surface area contributed by atoms with Gasteiger partial charge in [0.05, 0.1) is 23.7 Å². The quantitative estimate of drug-likeness (QED) is 0.445. The number of hydrogen-bond donors (Lipinski definition) is 0. The number of benzene rings is 3. The zero-order valence-electron chi connectivity index (χ0n) is 16.3. The number of rotatable bonds is 6. The molecule has 1 atom stereocenters. The lowest BCUT2D eigenvalue weighted by atomic mass is 10.1. The Morgan fingerprint density at radius 2 is 1.55 bits per heavy atom. The van der Waals surface area contributed by atoms with Crippen LogP contribution in [0.3, 0.4) is 0 Å². The fraction of sp³-hybridized carbons (Fsp3) is 0.182. The number of sulfonamides is 1. The monoisotopic (exact) mass is 449 g/mol. The molecule has 0 aliphatic rings. The van der Waals surface area contributed by atoms with Gasteiger partial charge in [-0.15, -0.1) is 0 Å². The summed E-state index contributed by atoms with van der Waals surface area (Å²) in [6, 6.07) is 18.3. The molecule has 3 rings (SSSR count). The molecule has 0 aliphatic carbocycles. The summed E-state index contributed by atoms with van der Waals surface area (Å²) in [4.78, 5) is 0.129. The Hall–Kier alpha value is -2.21. The van der Waals surface area contributed by atoms with Crippen LogP contribution in [0.25, 0.3) is 0 Å². The highest BCUT2D eigenvalue weighted by atomic mass is 35.5. The molecule has 0 radical (unpaired) electrons. The summed E-state index contributed by atoms with van der Waals surface area (Å²) in [5, 5.41) is 0.991. The third kappa shape index (κ3) is 4.53. The van der Waals surface area contributed by atoms with Gasteiger partial charge in [0.25, 0.3) is 10.0 Å². The van der Waals surface area contributed by atoms with Gasteiger partial charge in [-0.05, 0) is 73.5 Å². The van der Waals surface area contributed by atoms with E-state index >= 15 is 0 Å². The smallest absolute Gasteiger partial charge is 0.264 e. The molecule has 0 aromatic heterocycles. The Balaban J connectivity index is 2.15. The van der Waals surface area contributed by atoms with Crippen molar-refractivity contribution in [2.75, 3.05) is 11.4 Å². The maximum atomic E-state index is 13.6. The Labute approximate surface area is 181 Å². The van der Waals surface area contributed by atoms with Crippen LogP contribution in [0.4, 0.5) is 5.69 Å². The minimum absolute atomic E-state index is 0.129. The molecule has 0 saturated heterocycles. The summed E-state index contributed by atoms with van der Waals surface area (Å²) in [6.07, 6.45) is 0. The molecular weight excluding hydrogens is 429 g/mol. The summed E-state index contributed by atoms with van der Waals surface area (Å²) >= 11 is 12.2. The highest BCUT2D eigenvalue weighted by molar-refractivity contribution is 7.92. The van der Waals surface area contributed by atoms with Gasteiger partial charge in [0.1, 0.15) is 5.75 Å². The second-order valence-corrected chi connectivity index (χ2v) is 9.30. The van der Waals surface area contributed by atoms with Gasteiger partial charge in [-0.3, -0.25) is 4.31 Å². The number of ether oxygens (including phenoxy) is 1. The predicted octanol–water partition coefficient (Wildman–Crippen LogP) is 6.27. The molecule has 0 amide bonds. The maximum absolute atomic E-state index is 13.6. The van der Waals surface area contributed by atoms with Crippen molar-refractivity contribution in [3.8, 4) is 5.75 Å². The van der Waals surface area contributed by atoms with Crippen molar-refractivity contribution in [2.45, 2.75) is 24.8 Å².